The van der Waals surface area contributed by atoms with Crippen LogP contribution < -0.4 is 9.47 Å². The van der Waals surface area contributed by atoms with E-state index < -0.39 is 0 Å². The predicted molar refractivity (Wildman–Crippen MR) is 82.9 cm³/mol. The van der Waals surface area contributed by atoms with Crippen molar-refractivity contribution < 1.29 is 9.47 Å². The lowest BCUT2D eigenvalue weighted by Gasteiger charge is -2.20. The lowest BCUT2D eigenvalue weighted by Crippen LogP contribution is -2.15. The van der Waals surface area contributed by atoms with Crippen LogP contribution in [-0.4, -0.2) is 18.2 Å². The van der Waals surface area contributed by atoms with Crippen molar-refractivity contribution in [3.05, 3.63) is 54.1 Å². The second kappa shape index (κ2) is 4.77. The molecular formula is C18H15NO2. The van der Waals surface area contributed by atoms with Gasteiger partial charge in [0.25, 0.3) is 0 Å². The van der Waals surface area contributed by atoms with Crippen molar-refractivity contribution in [1.82, 2.24) is 4.98 Å². The number of hydrogen-bond acceptors (Lipinski definition) is 3. The van der Waals surface area contributed by atoms with E-state index in [4.69, 9.17) is 14.5 Å². The molecule has 0 N–H and O–H groups in total. The van der Waals surface area contributed by atoms with Gasteiger partial charge in [0.15, 0.2) is 11.5 Å². The summed E-state index contributed by atoms with van der Waals surface area (Å²) in [7, 11) is 0. The van der Waals surface area contributed by atoms with E-state index in [0.29, 0.717) is 13.2 Å². The first-order valence-electron chi connectivity index (χ1n) is 7.08. The Kier molecular flexibility index (Phi) is 2.78. The van der Waals surface area contributed by atoms with E-state index in [1.807, 2.05) is 30.3 Å². The number of aromatic nitrogens is 1. The Morgan fingerprint density at radius 1 is 0.905 bits per heavy atom. The van der Waals surface area contributed by atoms with Crippen LogP contribution in [-0.2, 0) is 0 Å². The van der Waals surface area contributed by atoms with Crippen molar-refractivity contribution in [2.45, 2.75) is 6.92 Å². The van der Waals surface area contributed by atoms with Crippen LogP contribution in [0.3, 0.4) is 0 Å². The molecule has 0 aliphatic carbocycles. The molecule has 3 nitrogen and oxygen atoms in total. The molecule has 0 spiro atoms. The van der Waals surface area contributed by atoms with Crippen LogP contribution >= 0.6 is 0 Å². The standard InChI is InChI=1S/C18H15NO2/c1-12-10-17-18(21-9-8-20-17)11-14(12)16-7-6-13-4-2-3-5-15(13)19-16/h2-7,10-11H,8-9H2,1H3. The van der Waals surface area contributed by atoms with E-state index in [1.54, 1.807) is 0 Å². The Hall–Kier alpha value is -2.55. The van der Waals surface area contributed by atoms with E-state index in [9.17, 15) is 0 Å². The lowest BCUT2D eigenvalue weighted by molar-refractivity contribution is 0.171. The fourth-order valence-corrected chi connectivity index (χ4v) is 2.68. The smallest absolute Gasteiger partial charge is 0.162 e. The molecule has 4 rings (SSSR count). The van der Waals surface area contributed by atoms with Crippen molar-refractivity contribution in [3.8, 4) is 22.8 Å². The molecular weight excluding hydrogens is 262 g/mol. The van der Waals surface area contributed by atoms with Crippen molar-refractivity contribution in [3.63, 3.8) is 0 Å². The number of nitrogens with zero attached hydrogens (tertiary/aromatic N) is 1. The molecule has 0 saturated carbocycles. The van der Waals surface area contributed by atoms with Gasteiger partial charge in [0.05, 0.1) is 11.2 Å². The van der Waals surface area contributed by atoms with Gasteiger partial charge in [-0.1, -0.05) is 24.3 Å². The molecule has 1 aromatic heterocycles. The Balaban J connectivity index is 1.87. The second-order valence-electron chi connectivity index (χ2n) is 5.20. The molecule has 3 heteroatoms. The molecule has 2 heterocycles. The monoisotopic (exact) mass is 277 g/mol. The molecule has 1 aliphatic rings. The average molecular weight is 277 g/mol. The van der Waals surface area contributed by atoms with Gasteiger partial charge in [0.2, 0.25) is 0 Å². The van der Waals surface area contributed by atoms with Gasteiger partial charge in [-0.2, -0.15) is 0 Å². The lowest BCUT2D eigenvalue weighted by atomic mass is 10.0. The number of para-hydroxylation sites is 1. The molecule has 0 saturated heterocycles. The summed E-state index contributed by atoms with van der Waals surface area (Å²) in [6.07, 6.45) is 0. The third-order valence-corrected chi connectivity index (χ3v) is 3.76. The average Bonchev–Trinajstić information content (AvgIpc) is 2.54. The first kappa shape index (κ1) is 12.2. The molecule has 0 bridgehead atoms. The first-order chi connectivity index (χ1) is 10.3. The van der Waals surface area contributed by atoms with Gasteiger partial charge < -0.3 is 9.47 Å². The van der Waals surface area contributed by atoms with Gasteiger partial charge in [-0.05, 0) is 36.8 Å². The minimum atomic E-state index is 0.598. The van der Waals surface area contributed by atoms with Crippen LogP contribution in [0, 0.1) is 6.92 Å². The Bertz CT molecular complexity index is 827. The van der Waals surface area contributed by atoms with Crippen molar-refractivity contribution >= 4 is 10.9 Å². The summed E-state index contributed by atoms with van der Waals surface area (Å²) in [5.41, 5.74) is 4.19. The van der Waals surface area contributed by atoms with Crippen LogP contribution in [0.15, 0.2) is 48.5 Å². The molecule has 0 atom stereocenters. The van der Waals surface area contributed by atoms with Gasteiger partial charge in [-0.15, -0.1) is 0 Å². The quantitative estimate of drug-likeness (QED) is 0.674. The summed E-state index contributed by atoms with van der Waals surface area (Å²) < 4.78 is 11.3. The van der Waals surface area contributed by atoms with E-state index in [1.165, 1.54) is 0 Å². The molecule has 21 heavy (non-hydrogen) atoms. The number of fused-ring (bicyclic) bond motifs is 2. The van der Waals surface area contributed by atoms with E-state index in [2.05, 4.69) is 25.1 Å². The van der Waals surface area contributed by atoms with E-state index in [-0.39, 0.29) is 0 Å². The van der Waals surface area contributed by atoms with Crippen molar-refractivity contribution in [1.29, 1.82) is 0 Å². The van der Waals surface area contributed by atoms with Crippen molar-refractivity contribution in [2.75, 3.05) is 13.2 Å². The highest BCUT2D eigenvalue weighted by Gasteiger charge is 2.15. The number of rotatable bonds is 1. The summed E-state index contributed by atoms with van der Waals surface area (Å²) in [6.45, 7) is 3.28. The minimum absolute atomic E-state index is 0.598. The molecule has 0 unspecified atom stereocenters. The van der Waals surface area contributed by atoms with Gasteiger partial charge in [-0.25, -0.2) is 4.98 Å². The zero-order chi connectivity index (χ0) is 14.2. The maximum Gasteiger partial charge on any atom is 0.162 e. The maximum absolute atomic E-state index is 5.68. The predicted octanol–water partition coefficient (Wildman–Crippen LogP) is 3.98. The highest BCUT2D eigenvalue weighted by atomic mass is 16.6. The molecule has 1 aliphatic heterocycles. The zero-order valence-electron chi connectivity index (χ0n) is 11.8. The topological polar surface area (TPSA) is 31.4 Å². The van der Waals surface area contributed by atoms with Crippen LogP contribution in [0.1, 0.15) is 5.56 Å². The molecule has 0 radical (unpaired) electrons. The molecule has 104 valence electrons. The second-order valence-corrected chi connectivity index (χ2v) is 5.20. The van der Waals surface area contributed by atoms with Crippen LogP contribution in [0.4, 0.5) is 0 Å². The zero-order valence-corrected chi connectivity index (χ0v) is 11.8. The molecule has 0 fully saturated rings. The summed E-state index contributed by atoms with van der Waals surface area (Å²) in [5, 5.41) is 1.15. The normalized spacial score (nSPS) is 13.4. The Morgan fingerprint density at radius 3 is 2.52 bits per heavy atom. The summed E-state index contributed by atoms with van der Waals surface area (Å²) in [4.78, 5) is 4.76. The highest BCUT2D eigenvalue weighted by Crippen LogP contribution is 2.37. The third-order valence-electron chi connectivity index (χ3n) is 3.76. The van der Waals surface area contributed by atoms with Crippen LogP contribution in [0.25, 0.3) is 22.2 Å². The molecule has 0 amide bonds. The SMILES string of the molecule is Cc1cc2c(cc1-c1ccc3ccccc3n1)OCCO2. The minimum Gasteiger partial charge on any atom is -0.486 e. The summed E-state index contributed by atoms with van der Waals surface area (Å²) >= 11 is 0. The molecule has 2 aromatic carbocycles. The van der Waals surface area contributed by atoms with Gasteiger partial charge in [-0.3, -0.25) is 0 Å². The van der Waals surface area contributed by atoms with Crippen LogP contribution in [0.5, 0.6) is 11.5 Å². The van der Waals surface area contributed by atoms with E-state index >= 15 is 0 Å². The first-order valence-corrected chi connectivity index (χ1v) is 7.08. The number of benzene rings is 2. The number of pyridine rings is 1. The largest absolute Gasteiger partial charge is 0.486 e. The highest BCUT2D eigenvalue weighted by molar-refractivity contribution is 5.82. The summed E-state index contributed by atoms with van der Waals surface area (Å²) in [5.74, 6) is 1.63. The molecule has 3 aromatic rings. The van der Waals surface area contributed by atoms with E-state index in [0.717, 1.165) is 39.2 Å². The van der Waals surface area contributed by atoms with Crippen molar-refractivity contribution in [2.24, 2.45) is 0 Å². The van der Waals surface area contributed by atoms with Gasteiger partial charge in [0, 0.05) is 10.9 Å². The fourth-order valence-electron chi connectivity index (χ4n) is 2.68. The number of hydrogen-bond donors (Lipinski definition) is 0. The summed E-state index contributed by atoms with van der Waals surface area (Å²) in [6, 6.07) is 16.4. The number of ether oxygens (including phenoxy) is 2. The Labute approximate surface area is 123 Å². The number of aryl methyl sites for hydroxylation is 1. The van der Waals surface area contributed by atoms with Gasteiger partial charge >= 0.3 is 0 Å². The maximum atomic E-state index is 5.68. The Morgan fingerprint density at radius 2 is 1.67 bits per heavy atom. The third kappa shape index (κ3) is 2.11. The van der Waals surface area contributed by atoms with Crippen LogP contribution in [0.2, 0.25) is 0 Å². The fraction of sp³-hybridized carbons (Fsp3) is 0.167. The van der Waals surface area contributed by atoms with Gasteiger partial charge in [0.1, 0.15) is 13.2 Å².